The molecule has 1 N–H and O–H groups in total. The number of amides is 1. The molecule has 3 aromatic carbocycles. The number of methoxy groups -OCH3 is 3. The smallest absolute Gasteiger partial charge is 0.255 e. The Labute approximate surface area is 276 Å². The van der Waals surface area contributed by atoms with E-state index in [0.717, 1.165) is 5.69 Å². The van der Waals surface area contributed by atoms with Crippen molar-refractivity contribution in [2.24, 2.45) is 10.2 Å². The quantitative estimate of drug-likeness (QED) is 0.0923. The van der Waals surface area contributed by atoms with Gasteiger partial charge < -0.3 is 47.9 Å². The molecule has 3 rings (SSSR count). The van der Waals surface area contributed by atoms with Crippen LogP contribution in [0.5, 0.6) is 17.2 Å². The van der Waals surface area contributed by atoms with E-state index in [1.807, 2.05) is 30.3 Å². The van der Waals surface area contributed by atoms with Gasteiger partial charge in [-0.05, 0) is 48.5 Å². The van der Waals surface area contributed by atoms with Gasteiger partial charge in [-0.15, -0.1) is 0 Å². The SMILES string of the molecule is COCCOCCOc1cc(C(=O)Nc2ccc(N=Nc3ccccc3)cc2)cc(OCCOCCOC)c1OCCOCCOC. The number of carbonyl (C=O) groups is 1. The summed E-state index contributed by atoms with van der Waals surface area (Å²) in [4.78, 5) is 13.5. The van der Waals surface area contributed by atoms with E-state index in [2.05, 4.69) is 15.5 Å². The van der Waals surface area contributed by atoms with E-state index < -0.39 is 0 Å². The molecule has 13 nitrogen and oxygen atoms in total. The van der Waals surface area contributed by atoms with Crippen molar-refractivity contribution >= 4 is 23.0 Å². The first kappa shape index (κ1) is 37.3. The van der Waals surface area contributed by atoms with Crippen molar-refractivity contribution in [2.75, 3.05) is 106 Å². The molecule has 0 saturated carbocycles. The fourth-order valence-corrected chi connectivity index (χ4v) is 3.85. The Hall–Kier alpha value is -4.11. The number of nitrogens with one attached hydrogen (secondary N) is 1. The molecule has 0 unspecified atom stereocenters. The number of hydrogen-bond donors (Lipinski definition) is 1. The van der Waals surface area contributed by atoms with Crippen LogP contribution >= 0.6 is 0 Å². The van der Waals surface area contributed by atoms with Gasteiger partial charge in [0, 0.05) is 32.6 Å². The van der Waals surface area contributed by atoms with Gasteiger partial charge in [-0.1, -0.05) is 18.2 Å². The maximum atomic E-state index is 13.5. The summed E-state index contributed by atoms with van der Waals surface area (Å²) in [5, 5.41) is 11.4. The van der Waals surface area contributed by atoms with Gasteiger partial charge in [0.15, 0.2) is 11.5 Å². The number of carbonyl (C=O) groups excluding carboxylic acids is 1. The van der Waals surface area contributed by atoms with Crippen LogP contribution in [-0.2, 0) is 28.4 Å². The Morgan fingerprint density at radius 1 is 0.553 bits per heavy atom. The maximum Gasteiger partial charge on any atom is 0.255 e. The van der Waals surface area contributed by atoms with Crippen molar-refractivity contribution in [3.8, 4) is 17.2 Å². The Morgan fingerprint density at radius 2 is 1.00 bits per heavy atom. The van der Waals surface area contributed by atoms with Gasteiger partial charge in [-0.3, -0.25) is 4.79 Å². The minimum absolute atomic E-state index is 0.202. The summed E-state index contributed by atoms with van der Waals surface area (Å²) in [5.74, 6) is 0.591. The maximum absolute atomic E-state index is 13.5. The van der Waals surface area contributed by atoms with Gasteiger partial charge in [0.2, 0.25) is 5.75 Å². The predicted molar refractivity (Wildman–Crippen MR) is 176 cm³/mol. The minimum Gasteiger partial charge on any atom is -0.487 e. The number of hydrogen-bond acceptors (Lipinski definition) is 12. The van der Waals surface area contributed by atoms with Crippen LogP contribution in [0.25, 0.3) is 0 Å². The lowest BCUT2D eigenvalue weighted by Crippen LogP contribution is -2.16. The van der Waals surface area contributed by atoms with Crippen LogP contribution in [0, 0.1) is 0 Å². The summed E-state index contributed by atoms with van der Waals surface area (Å²) in [6.07, 6.45) is 0. The molecule has 0 aliphatic carbocycles. The topological polar surface area (TPSA) is 137 Å². The zero-order valence-electron chi connectivity index (χ0n) is 27.3. The lowest BCUT2D eigenvalue weighted by atomic mass is 10.1. The molecule has 0 radical (unpaired) electrons. The van der Waals surface area contributed by atoms with Crippen LogP contribution in [0.4, 0.5) is 17.1 Å². The third-order valence-electron chi connectivity index (χ3n) is 6.19. The average molecular weight is 656 g/mol. The highest BCUT2D eigenvalue weighted by molar-refractivity contribution is 6.05. The van der Waals surface area contributed by atoms with Gasteiger partial charge >= 0.3 is 0 Å². The third-order valence-corrected chi connectivity index (χ3v) is 6.19. The summed E-state index contributed by atoms with van der Waals surface area (Å²) in [6, 6.07) is 19.7. The molecule has 0 bridgehead atoms. The van der Waals surface area contributed by atoms with Gasteiger partial charge in [0.25, 0.3) is 5.91 Å². The van der Waals surface area contributed by atoms with E-state index in [1.54, 1.807) is 57.7 Å². The number of benzene rings is 3. The van der Waals surface area contributed by atoms with Crippen LogP contribution in [0.1, 0.15) is 10.4 Å². The normalized spacial score (nSPS) is 11.1. The van der Waals surface area contributed by atoms with E-state index in [-0.39, 0.29) is 25.7 Å². The van der Waals surface area contributed by atoms with E-state index in [1.165, 1.54) is 0 Å². The molecule has 0 heterocycles. The molecule has 0 spiro atoms. The number of rotatable bonds is 25. The van der Waals surface area contributed by atoms with Crippen molar-refractivity contribution in [3.63, 3.8) is 0 Å². The lowest BCUT2D eigenvalue weighted by molar-refractivity contribution is 0.0468. The highest BCUT2D eigenvalue weighted by atomic mass is 16.6. The Kier molecular flexibility index (Phi) is 18.5. The minimum atomic E-state index is -0.375. The molecule has 0 fully saturated rings. The van der Waals surface area contributed by atoms with Gasteiger partial charge in [0.1, 0.15) is 19.8 Å². The fraction of sp³-hybridized carbons (Fsp3) is 0.441. The van der Waals surface area contributed by atoms with Crippen molar-refractivity contribution in [1.29, 1.82) is 0 Å². The molecule has 0 atom stereocenters. The van der Waals surface area contributed by atoms with Crippen molar-refractivity contribution in [3.05, 3.63) is 72.3 Å². The predicted octanol–water partition coefficient (Wildman–Crippen LogP) is 5.48. The first-order valence-corrected chi connectivity index (χ1v) is 15.3. The molecule has 0 aliphatic rings. The second-order valence-corrected chi connectivity index (χ2v) is 9.70. The average Bonchev–Trinajstić information content (AvgIpc) is 3.10. The highest BCUT2D eigenvalue weighted by Gasteiger charge is 2.20. The molecule has 3 aromatic rings. The molecular weight excluding hydrogens is 610 g/mol. The zero-order chi connectivity index (χ0) is 33.4. The van der Waals surface area contributed by atoms with Crippen molar-refractivity contribution < 1.29 is 47.4 Å². The lowest BCUT2D eigenvalue weighted by Gasteiger charge is -2.19. The number of azo groups is 1. The molecule has 256 valence electrons. The van der Waals surface area contributed by atoms with E-state index in [9.17, 15) is 4.79 Å². The van der Waals surface area contributed by atoms with Crippen LogP contribution < -0.4 is 19.5 Å². The molecule has 1 amide bonds. The van der Waals surface area contributed by atoms with E-state index in [4.69, 9.17) is 42.6 Å². The summed E-state index contributed by atoms with van der Waals surface area (Å²) in [5.41, 5.74) is 2.26. The van der Waals surface area contributed by atoms with Gasteiger partial charge in [-0.25, -0.2) is 0 Å². The zero-order valence-corrected chi connectivity index (χ0v) is 27.3. The highest BCUT2D eigenvalue weighted by Crippen LogP contribution is 2.39. The molecular formula is C34H45N3O10. The summed E-state index contributed by atoms with van der Waals surface area (Å²) in [6.45, 7) is 4.22. The summed E-state index contributed by atoms with van der Waals surface area (Å²) in [7, 11) is 4.82. The Balaban J connectivity index is 1.77. The summed E-state index contributed by atoms with van der Waals surface area (Å²) >= 11 is 0. The van der Waals surface area contributed by atoms with Crippen molar-refractivity contribution in [1.82, 2.24) is 0 Å². The molecule has 0 aromatic heterocycles. The van der Waals surface area contributed by atoms with Crippen LogP contribution in [0.3, 0.4) is 0 Å². The number of nitrogens with zero attached hydrogens (tertiary/aromatic N) is 2. The molecule has 47 heavy (non-hydrogen) atoms. The van der Waals surface area contributed by atoms with Gasteiger partial charge in [0.05, 0.1) is 70.8 Å². The first-order valence-electron chi connectivity index (χ1n) is 15.3. The van der Waals surface area contributed by atoms with Gasteiger partial charge in [-0.2, -0.15) is 10.2 Å². The van der Waals surface area contributed by atoms with Crippen LogP contribution in [-0.4, -0.2) is 107 Å². The monoisotopic (exact) mass is 655 g/mol. The standard InChI is InChI=1S/C34H45N3O10/c1-39-13-16-42-19-22-45-31-25-27(34(38)35-28-9-11-30(12-10-28)37-36-29-7-5-4-6-8-29)26-32(46-23-20-43-17-14-40-2)33(31)47-24-21-44-18-15-41-3/h4-12,25-26H,13-24H2,1-3H3,(H,35,38). The fourth-order valence-electron chi connectivity index (χ4n) is 3.85. The number of anilines is 1. The largest absolute Gasteiger partial charge is 0.487 e. The molecule has 13 heteroatoms. The van der Waals surface area contributed by atoms with E-state index >= 15 is 0 Å². The van der Waals surface area contributed by atoms with Crippen LogP contribution in [0.15, 0.2) is 77.0 Å². The first-order chi connectivity index (χ1) is 23.1. The van der Waals surface area contributed by atoms with Crippen molar-refractivity contribution in [2.45, 2.75) is 0 Å². The van der Waals surface area contributed by atoms with Crippen LogP contribution in [0.2, 0.25) is 0 Å². The van der Waals surface area contributed by atoms with E-state index in [0.29, 0.717) is 93.6 Å². The second kappa shape index (κ2) is 23.2. The number of ether oxygens (including phenoxy) is 9. The summed E-state index contributed by atoms with van der Waals surface area (Å²) < 4.78 is 49.9. The molecule has 0 saturated heterocycles. The Morgan fingerprint density at radius 3 is 1.49 bits per heavy atom. The third kappa shape index (κ3) is 14.9. The Bertz CT molecular complexity index is 1270. The second-order valence-electron chi connectivity index (χ2n) is 9.70. The molecule has 0 aliphatic heterocycles.